The van der Waals surface area contributed by atoms with Crippen LogP contribution in [0.25, 0.3) is 144 Å². The molecular weight excluding hydrogens is 1450 g/mol. The summed E-state index contributed by atoms with van der Waals surface area (Å²) in [5.74, 6) is 0. The monoisotopic (exact) mass is 1530 g/mol. The highest BCUT2D eigenvalue weighted by Crippen LogP contribution is 2.59. The molecule has 0 aromatic heterocycles. The summed E-state index contributed by atoms with van der Waals surface area (Å²) in [7, 11) is 0. The lowest BCUT2D eigenvalue weighted by Gasteiger charge is -2.30. The third-order valence-corrected chi connectivity index (χ3v) is 25.9. The average Bonchev–Trinajstić information content (AvgIpc) is 1.55. The van der Waals surface area contributed by atoms with Crippen molar-refractivity contribution in [2.24, 2.45) is 0 Å². The van der Waals surface area contributed by atoms with E-state index in [0.717, 1.165) is 56.4 Å². The van der Waals surface area contributed by atoms with E-state index in [1.807, 2.05) is 0 Å². The maximum Gasteiger partial charge on any atom is 0.0540 e. The van der Waals surface area contributed by atoms with Gasteiger partial charge in [-0.25, -0.2) is 0 Å². The Morgan fingerprint density at radius 1 is 0.158 bits per heavy atom. The van der Waals surface area contributed by atoms with Crippen molar-refractivity contribution in [3.8, 4) is 111 Å². The van der Waals surface area contributed by atoms with Crippen LogP contribution in [0.15, 0.2) is 461 Å². The van der Waals surface area contributed by atoms with Gasteiger partial charge >= 0.3 is 0 Å². The molecule has 0 saturated heterocycles. The minimum absolute atomic E-state index is 0.334. The molecule has 2 aliphatic rings. The van der Waals surface area contributed by atoms with Crippen LogP contribution in [0.2, 0.25) is 0 Å². The lowest BCUT2D eigenvalue weighted by Crippen LogP contribution is -2.22. The van der Waals surface area contributed by atoms with E-state index >= 15 is 0 Å². The van der Waals surface area contributed by atoms with Gasteiger partial charge in [0, 0.05) is 44.7 Å². The predicted molar refractivity (Wildman–Crippen MR) is 507 cm³/mol. The summed E-state index contributed by atoms with van der Waals surface area (Å²) in [6.07, 6.45) is 0. The smallest absolute Gasteiger partial charge is 0.0540 e. The number of nitrogens with zero attached hydrogens (tertiary/aromatic N) is 2. The molecule has 0 radical (unpaired) electrons. The second-order valence-corrected chi connectivity index (χ2v) is 32.5. The second-order valence-electron chi connectivity index (χ2n) is 32.5. The largest absolute Gasteiger partial charge is 0.310 e. The summed E-state index contributed by atoms with van der Waals surface area (Å²) in [5, 5.41) is 7.33. The standard InChI is InChI=1S/C118H82N2/c1-117(97-29-7-4-8-30-97)109-37-17-13-33-107(109)115-105(35-21-39-111(115)117)103-31-15-20-42-114(103)120(101-71-61-87(62-72-101)93-52-48-81-26-10-12-28-91(81)76-93)102-73-63-88(64-74-102)95-54-50-89-49-53-94(77-96(89)78-95)85-55-65-98(66-56-85)118(2)110-38-18-14-34-108(110)116-106(36-22-40-112(116)118)104-32-16-19-41-113(104)119(100-69-59-86(60-70-100)92-51-47-80-25-9-11-27-90(80)75-92)99-67-57-84(58-68-99)83-45-43-82(44-46-83)79-23-5-3-6-24-79/h3-78H,1-2H3. The van der Waals surface area contributed by atoms with Gasteiger partial charge in [0.05, 0.1) is 11.4 Å². The third kappa shape index (κ3) is 12.3. The van der Waals surface area contributed by atoms with Gasteiger partial charge in [-0.3, -0.25) is 0 Å². The highest BCUT2D eigenvalue weighted by molar-refractivity contribution is 6.03. The molecule has 0 fully saturated rings. The minimum Gasteiger partial charge on any atom is -0.310 e. The summed E-state index contributed by atoms with van der Waals surface area (Å²) in [6.45, 7) is 4.84. The molecule has 2 heteroatoms. The van der Waals surface area contributed by atoms with Crippen LogP contribution in [0.4, 0.5) is 34.1 Å². The van der Waals surface area contributed by atoms with Crippen LogP contribution in [0.5, 0.6) is 0 Å². The van der Waals surface area contributed by atoms with Gasteiger partial charge in [-0.15, -0.1) is 0 Å². The Morgan fingerprint density at radius 3 is 0.800 bits per heavy atom. The topological polar surface area (TPSA) is 6.48 Å². The first-order valence-electron chi connectivity index (χ1n) is 41.7. The zero-order valence-electron chi connectivity index (χ0n) is 66.8. The van der Waals surface area contributed by atoms with E-state index in [4.69, 9.17) is 0 Å². The van der Waals surface area contributed by atoms with Gasteiger partial charge in [0.25, 0.3) is 0 Å². The molecule has 20 aromatic carbocycles. The molecule has 2 nitrogen and oxygen atoms in total. The van der Waals surface area contributed by atoms with Crippen LogP contribution in [0.3, 0.4) is 0 Å². The van der Waals surface area contributed by atoms with Crippen molar-refractivity contribution >= 4 is 66.4 Å². The second kappa shape index (κ2) is 29.5. The molecule has 2 atom stereocenters. The van der Waals surface area contributed by atoms with Crippen LogP contribution < -0.4 is 9.80 Å². The number of rotatable bonds is 16. The van der Waals surface area contributed by atoms with Crippen LogP contribution in [-0.2, 0) is 10.8 Å². The van der Waals surface area contributed by atoms with Crippen molar-refractivity contribution in [1.29, 1.82) is 0 Å². The summed E-state index contributed by atoms with van der Waals surface area (Å²) in [6, 6.07) is 171. The Kier molecular flexibility index (Phi) is 17.5. The van der Waals surface area contributed by atoms with Crippen LogP contribution >= 0.6 is 0 Å². The van der Waals surface area contributed by atoms with Crippen LogP contribution in [0, 0.1) is 0 Å². The maximum atomic E-state index is 2.45. The molecule has 0 heterocycles. The van der Waals surface area contributed by atoms with E-state index in [1.54, 1.807) is 0 Å². The van der Waals surface area contributed by atoms with Gasteiger partial charge in [0.2, 0.25) is 0 Å². The first kappa shape index (κ1) is 71.3. The van der Waals surface area contributed by atoms with Crippen molar-refractivity contribution in [3.63, 3.8) is 0 Å². The lowest BCUT2D eigenvalue weighted by atomic mass is 9.74. The third-order valence-electron chi connectivity index (χ3n) is 25.9. The van der Waals surface area contributed by atoms with Gasteiger partial charge in [-0.05, 0) is 265 Å². The Hall–Kier alpha value is -15.2. The molecule has 0 N–H and O–H groups in total. The zero-order valence-corrected chi connectivity index (χ0v) is 66.8. The fourth-order valence-corrected chi connectivity index (χ4v) is 19.6. The highest BCUT2D eigenvalue weighted by Gasteiger charge is 2.44. The van der Waals surface area contributed by atoms with Crippen LogP contribution in [0.1, 0.15) is 47.2 Å². The molecule has 120 heavy (non-hydrogen) atoms. The molecule has 564 valence electrons. The number of para-hydroxylation sites is 2. The summed E-state index contributed by atoms with van der Waals surface area (Å²) in [4.78, 5) is 4.90. The summed E-state index contributed by atoms with van der Waals surface area (Å²) in [5.41, 5.74) is 37.5. The van der Waals surface area contributed by atoms with Crippen molar-refractivity contribution in [2.45, 2.75) is 24.7 Å². The average molecular weight is 1530 g/mol. The van der Waals surface area contributed by atoms with Gasteiger partial charge in [0.1, 0.15) is 0 Å². The molecule has 0 bridgehead atoms. The van der Waals surface area contributed by atoms with Crippen molar-refractivity contribution in [3.05, 3.63) is 494 Å². The van der Waals surface area contributed by atoms with Crippen molar-refractivity contribution < 1.29 is 0 Å². The summed E-state index contributed by atoms with van der Waals surface area (Å²) >= 11 is 0. The first-order valence-corrected chi connectivity index (χ1v) is 41.7. The first-order chi connectivity index (χ1) is 59.2. The van der Waals surface area contributed by atoms with Crippen molar-refractivity contribution in [2.75, 3.05) is 9.80 Å². The molecule has 20 aromatic rings. The fourth-order valence-electron chi connectivity index (χ4n) is 19.6. The summed E-state index contributed by atoms with van der Waals surface area (Å²) < 4.78 is 0. The molecule has 0 aliphatic heterocycles. The number of anilines is 6. The van der Waals surface area contributed by atoms with Gasteiger partial charge in [0.15, 0.2) is 0 Å². The zero-order chi connectivity index (χ0) is 79.8. The molecular formula is C118H82N2. The molecule has 0 spiro atoms. The highest BCUT2D eigenvalue weighted by atomic mass is 15.2. The normalized spacial score (nSPS) is 14.3. The lowest BCUT2D eigenvalue weighted by molar-refractivity contribution is 0.714. The van der Waals surface area contributed by atoms with Crippen molar-refractivity contribution in [1.82, 2.24) is 0 Å². The van der Waals surface area contributed by atoms with E-state index in [2.05, 4.69) is 485 Å². The number of hydrogen-bond donors (Lipinski definition) is 0. The van der Waals surface area contributed by atoms with Gasteiger partial charge < -0.3 is 9.80 Å². The van der Waals surface area contributed by atoms with Gasteiger partial charge in [-0.2, -0.15) is 0 Å². The van der Waals surface area contributed by atoms with E-state index in [-0.39, 0.29) is 5.41 Å². The number of hydrogen-bond acceptors (Lipinski definition) is 2. The molecule has 2 aliphatic carbocycles. The van der Waals surface area contributed by atoms with Gasteiger partial charge in [-0.1, -0.05) is 376 Å². The predicted octanol–water partition coefficient (Wildman–Crippen LogP) is 32.1. The molecule has 2 unspecified atom stereocenters. The van der Waals surface area contributed by atoms with E-state index in [1.165, 1.54) is 155 Å². The number of benzene rings is 20. The quantitative estimate of drug-likeness (QED) is 0.0951. The molecule has 0 amide bonds. The minimum atomic E-state index is -0.458. The Balaban J connectivity index is 0.586. The number of fused-ring (bicyclic) bond motifs is 9. The fraction of sp³-hybridized carbons (Fsp3) is 0.0339. The van der Waals surface area contributed by atoms with E-state index in [0.29, 0.717) is 0 Å². The maximum absolute atomic E-state index is 2.45. The molecule has 0 saturated carbocycles. The van der Waals surface area contributed by atoms with E-state index in [9.17, 15) is 0 Å². The molecule has 22 rings (SSSR count). The van der Waals surface area contributed by atoms with Crippen LogP contribution in [-0.4, -0.2) is 0 Å². The Morgan fingerprint density at radius 2 is 0.408 bits per heavy atom. The van der Waals surface area contributed by atoms with E-state index < -0.39 is 5.41 Å². The SMILES string of the molecule is CC1(c2ccccc2)c2ccccc2-c2c(-c3ccccc3N(c3ccc(-c4ccc5ccccc5c4)cc3)c3ccc(-c4ccc5ccc(-c6ccc(C7(C)c8ccccc8-c8c(-c9ccccc9N(c9ccc(-c%10ccc(-c%11ccccc%11)cc%10)cc9)c9ccc(-c%10ccc%11ccccc%11c%10)cc9)cccc87)cc6)cc5c4)cc3)cccc21. The Bertz CT molecular complexity index is 7310. The Labute approximate surface area is 701 Å².